The fourth-order valence-electron chi connectivity index (χ4n) is 8.98. The van der Waals surface area contributed by atoms with Crippen LogP contribution in [0.2, 0.25) is 0 Å². The van der Waals surface area contributed by atoms with Gasteiger partial charge in [-0.15, -0.1) is 22.7 Å². The number of rotatable bonds is 2. The molecule has 6 heteroatoms. The van der Waals surface area contributed by atoms with Crippen molar-refractivity contribution >= 4 is 130 Å². The molecule has 0 spiro atoms. The van der Waals surface area contributed by atoms with Gasteiger partial charge >= 0.3 is 0 Å². The molecule has 1 N–H and O–H groups in total. The molecule has 1 unspecified atom stereocenters. The van der Waals surface area contributed by atoms with E-state index >= 15 is 0 Å². The van der Waals surface area contributed by atoms with Gasteiger partial charge in [-0.25, -0.2) is 4.99 Å². The zero-order valence-corrected chi connectivity index (χ0v) is 30.3. The van der Waals surface area contributed by atoms with Gasteiger partial charge in [0.25, 0.3) is 0 Å². The number of fused-ring (bicyclic) bond motifs is 16. The number of furan rings is 1. The Hall–Kier alpha value is -6.47. The Morgan fingerprint density at radius 3 is 2.22 bits per heavy atom. The SMILES string of the molecule is c1ccc2c(c1)ccc1sc3c(c12)NC(n1c2ccccc2c2cc4ccc5c6ccccc6oc5c4cc21)N=C3c1ccc2sc3ccccc3c2c1. The maximum atomic E-state index is 6.58. The van der Waals surface area contributed by atoms with Crippen LogP contribution in [0.4, 0.5) is 5.69 Å². The highest BCUT2D eigenvalue weighted by molar-refractivity contribution is 7.25. The minimum absolute atomic E-state index is 0.408. The summed E-state index contributed by atoms with van der Waals surface area (Å²) in [6.07, 6.45) is -0.408. The Morgan fingerprint density at radius 2 is 1.28 bits per heavy atom. The minimum atomic E-state index is -0.408. The van der Waals surface area contributed by atoms with E-state index in [1.165, 1.54) is 56.7 Å². The molecule has 12 aromatic rings. The summed E-state index contributed by atoms with van der Waals surface area (Å²) in [4.78, 5) is 6.89. The number of anilines is 1. The molecule has 4 nitrogen and oxygen atoms in total. The Kier molecular flexibility index (Phi) is 5.68. The molecule has 0 amide bonds. The summed E-state index contributed by atoms with van der Waals surface area (Å²) in [6.45, 7) is 0. The van der Waals surface area contributed by atoms with Gasteiger partial charge in [0.2, 0.25) is 6.29 Å². The monoisotopic (exact) mass is 725 g/mol. The van der Waals surface area contributed by atoms with E-state index in [0.29, 0.717) is 0 Å². The summed E-state index contributed by atoms with van der Waals surface area (Å²) in [5.74, 6) is 0. The van der Waals surface area contributed by atoms with Crippen molar-refractivity contribution < 1.29 is 4.42 Å². The highest BCUT2D eigenvalue weighted by Gasteiger charge is 2.30. The molecule has 54 heavy (non-hydrogen) atoms. The fourth-order valence-corrected chi connectivity index (χ4v) is 11.3. The van der Waals surface area contributed by atoms with E-state index < -0.39 is 6.29 Å². The topological polar surface area (TPSA) is 42.5 Å². The number of benzene rings is 8. The normalized spacial score (nSPS) is 14.7. The first-order chi connectivity index (χ1) is 26.7. The molecule has 0 saturated heterocycles. The van der Waals surface area contributed by atoms with Crippen LogP contribution in [0.1, 0.15) is 16.7 Å². The second kappa shape index (κ2) is 10.6. The third-order valence-corrected chi connectivity index (χ3v) is 13.7. The van der Waals surface area contributed by atoms with Gasteiger partial charge in [-0.05, 0) is 70.8 Å². The van der Waals surface area contributed by atoms with Crippen LogP contribution in [-0.2, 0) is 0 Å². The zero-order chi connectivity index (χ0) is 35.1. The lowest BCUT2D eigenvalue weighted by atomic mass is 10.0. The van der Waals surface area contributed by atoms with Crippen molar-refractivity contribution in [2.24, 2.45) is 4.99 Å². The van der Waals surface area contributed by atoms with Crippen LogP contribution < -0.4 is 5.32 Å². The van der Waals surface area contributed by atoms with Gasteiger partial charge in [0.1, 0.15) is 11.2 Å². The smallest absolute Gasteiger partial charge is 0.201 e. The van der Waals surface area contributed by atoms with Gasteiger partial charge in [-0.3, -0.25) is 0 Å². The summed E-state index contributed by atoms with van der Waals surface area (Å²) in [5, 5.41) is 17.3. The molecule has 1 aliphatic heterocycles. The Labute approximate surface area is 315 Å². The van der Waals surface area contributed by atoms with Gasteiger partial charge in [0, 0.05) is 62.8 Å². The Balaban J connectivity index is 1.12. The predicted octanol–water partition coefficient (Wildman–Crippen LogP) is 14.0. The van der Waals surface area contributed by atoms with Crippen LogP contribution >= 0.6 is 22.7 Å². The summed E-state index contributed by atoms with van der Waals surface area (Å²) in [5.41, 5.74) is 7.36. The number of thiophene rings is 2. The molecule has 0 radical (unpaired) electrons. The molecule has 13 rings (SSSR count). The molecule has 5 heterocycles. The Bertz CT molecular complexity index is 3620. The lowest BCUT2D eigenvalue weighted by molar-refractivity contribution is 0.626. The number of aliphatic imine (C=N–C) groups is 1. The second-order valence-electron chi connectivity index (χ2n) is 14.3. The average Bonchev–Trinajstić information content (AvgIpc) is 3.98. The van der Waals surface area contributed by atoms with Gasteiger partial charge in [0.05, 0.1) is 27.3 Å². The molecule has 0 saturated carbocycles. The number of aromatic nitrogens is 1. The first-order valence-electron chi connectivity index (χ1n) is 18.2. The standard InChI is InChI=1S/C48H27N3OS2/c1-2-10-29-26(9-1)18-22-42-43(29)45-47(54-42)44(28-19-21-41-36(24-28)32-13-5-8-16-40(32)53-41)49-48(50-45)51-37-14-6-3-11-30(37)35-23-27-17-20-33-31-12-4-7-15-39(31)52-46(33)34(27)25-38(35)51/h1-25,48,50H. The third-order valence-electron chi connectivity index (χ3n) is 11.4. The summed E-state index contributed by atoms with van der Waals surface area (Å²) < 4.78 is 12.8. The number of nitrogens with one attached hydrogen (secondary N) is 1. The predicted molar refractivity (Wildman–Crippen MR) is 231 cm³/mol. The van der Waals surface area contributed by atoms with Crippen molar-refractivity contribution in [3.63, 3.8) is 0 Å². The number of nitrogens with zero attached hydrogens (tertiary/aromatic N) is 2. The van der Waals surface area contributed by atoms with E-state index in [-0.39, 0.29) is 0 Å². The van der Waals surface area contributed by atoms with E-state index in [0.717, 1.165) is 60.7 Å². The third kappa shape index (κ3) is 3.88. The molecule has 0 bridgehead atoms. The zero-order valence-electron chi connectivity index (χ0n) is 28.6. The number of hydrogen-bond donors (Lipinski definition) is 1. The number of para-hydroxylation sites is 2. The van der Waals surface area contributed by atoms with Crippen molar-refractivity contribution in [2.75, 3.05) is 5.32 Å². The first kappa shape index (κ1) is 29.0. The fraction of sp³-hybridized carbons (Fsp3) is 0.0208. The average molecular weight is 726 g/mol. The van der Waals surface area contributed by atoms with E-state index in [1.54, 1.807) is 0 Å². The van der Waals surface area contributed by atoms with Gasteiger partial charge in [-0.2, -0.15) is 0 Å². The van der Waals surface area contributed by atoms with E-state index in [2.05, 4.69) is 155 Å². The summed E-state index contributed by atoms with van der Waals surface area (Å²) in [6, 6.07) is 55.0. The van der Waals surface area contributed by atoms with Crippen LogP contribution in [0.25, 0.3) is 95.5 Å². The molecule has 8 aromatic carbocycles. The van der Waals surface area contributed by atoms with Crippen LogP contribution in [0.15, 0.2) is 161 Å². The lowest BCUT2D eigenvalue weighted by Gasteiger charge is -2.26. The minimum Gasteiger partial charge on any atom is -0.455 e. The van der Waals surface area contributed by atoms with Crippen LogP contribution in [-0.4, -0.2) is 10.3 Å². The first-order valence-corrected chi connectivity index (χ1v) is 19.9. The van der Waals surface area contributed by atoms with Crippen molar-refractivity contribution in [3.8, 4) is 0 Å². The molecule has 4 aromatic heterocycles. The lowest BCUT2D eigenvalue weighted by Crippen LogP contribution is -2.23. The highest BCUT2D eigenvalue weighted by Crippen LogP contribution is 2.47. The summed E-state index contributed by atoms with van der Waals surface area (Å²) in [7, 11) is 0. The number of hydrogen-bond acceptors (Lipinski definition) is 5. The molecule has 252 valence electrons. The summed E-state index contributed by atoms with van der Waals surface area (Å²) >= 11 is 3.68. The van der Waals surface area contributed by atoms with Crippen molar-refractivity contribution in [2.45, 2.75) is 6.29 Å². The van der Waals surface area contributed by atoms with Crippen molar-refractivity contribution in [1.82, 2.24) is 4.57 Å². The van der Waals surface area contributed by atoms with Crippen LogP contribution in [0.5, 0.6) is 0 Å². The molecule has 0 fully saturated rings. The van der Waals surface area contributed by atoms with E-state index in [9.17, 15) is 0 Å². The van der Waals surface area contributed by atoms with Crippen molar-refractivity contribution in [3.05, 3.63) is 162 Å². The van der Waals surface area contributed by atoms with Gasteiger partial charge < -0.3 is 14.3 Å². The van der Waals surface area contributed by atoms with Crippen molar-refractivity contribution in [1.29, 1.82) is 0 Å². The molecule has 1 atom stereocenters. The van der Waals surface area contributed by atoms with Gasteiger partial charge in [0.15, 0.2) is 0 Å². The molecular formula is C48H27N3OS2. The largest absolute Gasteiger partial charge is 0.455 e. The molecule has 1 aliphatic rings. The quantitative estimate of drug-likeness (QED) is 0.193. The Morgan fingerprint density at radius 1 is 0.519 bits per heavy atom. The van der Waals surface area contributed by atoms with E-state index in [4.69, 9.17) is 9.41 Å². The van der Waals surface area contributed by atoms with E-state index in [1.807, 2.05) is 28.7 Å². The highest BCUT2D eigenvalue weighted by atomic mass is 32.1. The maximum Gasteiger partial charge on any atom is 0.201 e. The second-order valence-corrected chi connectivity index (χ2v) is 16.4. The van der Waals surface area contributed by atoms with Crippen LogP contribution in [0.3, 0.4) is 0 Å². The maximum absolute atomic E-state index is 6.58. The molecular weight excluding hydrogens is 699 g/mol. The van der Waals surface area contributed by atoms with Crippen LogP contribution in [0, 0.1) is 0 Å². The molecule has 0 aliphatic carbocycles. The van der Waals surface area contributed by atoms with Gasteiger partial charge in [-0.1, -0.05) is 97.1 Å².